The maximum absolute atomic E-state index is 11.7. The molecule has 0 unspecified atom stereocenters. The van der Waals surface area contributed by atoms with Crippen LogP contribution in [-0.4, -0.2) is 26.8 Å². The van der Waals surface area contributed by atoms with E-state index in [1.165, 1.54) is 7.11 Å². The van der Waals surface area contributed by atoms with Gasteiger partial charge in [0.1, 0.15) is 5.75 Å². The maximum Gasteiger partial charge on any atom is 0.339 e. The number of hydrogen-bond donors (Lipinski definition) is 1. The van der Waals surface area contributed by atoms with E-state index >= 15 is 0 Å². The van der Waals surface area contributed by atoms with E-state index in [1.807, 2.05) is 6.07 Å². The van der Waals surface area contributed by atoms with E-state index in [2.05, 4.69) is 0 Å². The fraction of sp³-hybridized carbons (Fsp3) is 0.417. The van der Waals surface area contributed by atoms with Gasteiger partial charge < -0.3 is 19.4 Å². The van der Waals surface area contributed by atoms with Gasteiger partial charge in [0.15, 0.2) is 0 Å². The highest BCUT2D eigenvalue weighted by atomic mass is 32.2. The van der Waals surface area contributed by atoms with Gasteiger partial charge in [0, 0.05) is 30.1 Å². The van der Waals surface area contributed by atoms with Crippen LogP contribution in [0.15, 0.2) is 17.0 Å². The van der Waals surface area contributed by atoms with Crippen LogP contribution in [0.2, 0.25) is 0 Å². The summed E-state index contributed by atoms with van der Waals surface area (Å²) < 4.78 is 15.3. The minimum atomic E-state index is -0.417. The molecule has 0 saturated carbocycles. The predicted octanol–water partition coefficient (Wildman–Crippen LogP) is 1.91. The van der Waals surface area contributed by atoms with Crippen molar-refractivity contribution in [3.63, 3.8) is 0 Å². The second-order valence-electron chi connectivity index (χ2n) is 3.87. The number of rotatable bonds is 3. The lowest BCUT2D eigenvalue weighted by Gasteiger charge is -2.24. The van der Waals surface area contributed by atoms with Gasteiger partial charge in [-0.3, -0.25) is 0 Å². The number of carbonyl (C=O) groups excluding carboxylic acids is 1. The molecule has 1 aliphatic rings. The Morgan fingerprint density at radius 3 is 2.94 bits per heavy atom. The molecule has 2 N–H and O–H groups in total. The molecule has 1 aromatic carbocycles. The third-order valence-corrected chi connectivity index (χ3v) is 3.46. The van der Waals surface area contributed by atoms with Crippen molar-refractivity contribution in [2.24, 2.45) is 5.73 Å². The van der Waals surface area contributed by atoms with Crippen molar-refractivity contribution in [1.29, 1.82) is 0 Å². The van der Waals surface area contributed by atoms with Gasteiger partial charge in [-0.05, 0) is 12.1 Å². The second-order valence-corrected chi connectivity index (χ2v) is 4.81. The van der Waals surface area contributed by atoms with Crippen molar-refractivity contribution in [3.05, 3.63) is 23.3 Å². The smallest absolute Gasteiger partial charge is 0.339 e. The number of hydrogen-bond acceptors (Lipinski definition) is 6. The van der Waals surface area contributed by atoms with Crippen LogP contribution in [0.25, 0.3) is 0 Å². The summed E-state index contributed by atoms with van der Waals surface area (Å²) in [5, 5.41) is 0. The average molecular weight is 269 g/mol. The summed E-state index contributed by atoms with van der Waals surface area (Å²) in [6.07, 6.45) is 0.766. The Morgan fingerprint density at radius 1 is 1.50 bits per heavy atom. The predicted molar refractivity (Wildman–Crippen MR) is 67.7 cm³/mol. The van der Waals surface area contributed by atoms with Crippen LogP contribution in [0.3, 0.4) is 0 Å². The van der Waals surface area contributed by atoms with E-state index in [-0.39, 0.29) is 6.04 Å². The summed E-state index contributed by atoms with van der Waals surface area (Å²) in [6.45, 7) is 0.561. The van der Waals surface area contributed by atoms with Gasteiger partial charge in [0.2, 0.25) is 0 Å². The van der Waals surface area contributed by atoms with Gasteiger partial charge >= 0.3 is 5.97 Å². The van der Waals surface area contributed by atoms with Crippen LogP contribution in [0.1, 0.15) is 28.4 Å². The maximum atomic E-state index is 11.7. The number of carbonyl (C=O) groups is 1. The fourth-order valence-electron chi connectivity index (χ4n) is 1.87. The number of methoxy groups -OCH3 is 1. The Kier molecular flexibility index (Phi) is 4.11. The summed E-state index contributed by atoms with van der Waals surface area (Å²) in [5.41, 5.74) is 7.35. The SMILES string of the molecule is COSc1cc2c(cc1C(=O)OC)OCC[C@@H]2N. The molecule has 18 heavy (non-hydrogen) atoms. The Balaban J connectivity index is 2.49. The Labute approximate surface area is 110 Å². The lowest BCUT2D eigenvalue weighted by atomic mass is 9.99. The lowest BCUT2D eigenvalue weighted by Crippen LogP contribution is -2.21. The molecule has 0 aromatic heterocycles. The van der Waals surface area contributed by atoms with Crippen molar-refractivity contribution in [2.45, 2.75) is 17.4 Å². The molecular formula is C12H15NO4S. The molecule has 1 atom stereocenters. The third kappa shape index (κ3) is 2.45. The number of nitrogens with two attached hydrogens (primary N) is 1. The summed E-state index contributed by atoms with van der Waals surface area (Å²) >= 11 is 1.11. The minimum absolute atomic E-state index is 0.0725. The van der Waals surface area contributed by atoms with Crippen LogP contribution in [0.5, 0.6) is 5.75 Å². The highest BCUT2D eigenvalue weighted by molar-refractivity contribution is 7.94. The molecule has 1 aliphatic heterocycles. The zero-order valence-electron chi connectivity index (χ0n) is 10.3. The molecule has 0 saturated heterocycles. The molecule has 0 bridgehead atoms. The van der Waals surface area contributed by atoms with Gasteiger partial charge in [-0.2, -0.15) is 0 Å². The highest BCUT2D eigenvalue weighted by Gasteiger charge is 2.23. The Morgan fingerprint density at radius 2 is 2.28 bits per heavy atom. The van der Waals surface area contributed by atoms with Crippen molar-refractivity contribution in [2.75, 3.05) is 20.8 Å². The van der Waals surface area contributed by atoms with Crippen LogP contribution < -0.4 is 10.5 Å². The van der Waals surface area contributed by atoms with Crippen molar-refractivity contribution in [1.82, 2.24) is 0 Å². The molecule has 1 aromatic rings. The average Bonchev–Trinajstić information content (AvgIpc) is 2.38. The van der Waals surface area contributed by atoms with Crippen LogP contribution in [-0.2, 0) is 8.92 Å². The minimum Gasteiger partial charge on any atom is -0.493 e. The summed E-state index contributed by atoms with van der Waals surface area (Å²) in [5.74, 6) is 0.231. The zero-order chi connectivity index (χ0) is 13.1. The van der Waals surface area contributed by atoms with E-state index in [9.17, 15) is 4.79 Å². The number of esters is 1. The van der Waals surface area contributed by atoms with Gasteiger partial charge in [0.25, 0.3) is 0 Å². The topological polar surface area (TPSA) is 70.8 Å². The molecule has 5 nitrogen and oxygen atoms in total. The van der Waals surface area contributed by atoms with Gasteiger partial charge in [-0.15, -0.1) is 0 Å². The van der Waals surface area contributed by atoms with Crippen molar-refractivity contribution >= 4 is 18.0 Å². The molecule has 0 amide bonds. The monoisotopic (exact) mass is 269 g/mol. The van der Waals surface area contributed by atoms with E-state index in [4.69, 9.17) is 19.4 Å². The first-order chi connectivity index (χ1) is 8.67. The van der Waals surface area contributed by atoms with E-state index < -0.39 is 5.97 Å². The largest absolute Gasteiger partial charge is 0.493 e. The summed E-state index contributed by atoms with van der Waals surface area (Å²) in [7, 11) is 2.89. The molecule has 98 valence electrons. The first-order valence-electron chi connectivity index (χ1n) is 5.52. The molecule has 0 aliphatic carbocycles. The zero-order valence-corrected chi connectivity index (χ0v) is 11.1. The first-order valence-corrected chi connectivity index (χ1v) is 6.26. The van der Waals surface area contributed by atoms with E-state index in [0.717, 1.165) is 24.0 Å². The lowest BCUT2D eigenvalue weighted by molar-refractivity contribution is 0.0595. The van der Waals surface area contributed by atoms with Gasteiger partial charge in [-0.25, -0.2) is 4.79 Å². The normalized spacial score (nSPS) is 17.8. The Hall–Kier alpha value is -1.24. The standard InChI is InChI=1S/C12H15NO4S/c1-15-12(14)8-5-10-7(6-11(8)18-16-2)9(13)3-4-17-10/h5-6,9H,3-4,13H2,1-2H3/t9-/m0/s1. The molecule has 0 fully saturated rings. The van der Waals surface area contributed by atoms with E-state index in [0.29, 0.717) is 22.8 Å². The van der Waals surface area contributed by atoms with Crippen LogP contribution in [0.4, 0.5) is 0 Å². The summed E-state index contributed by atoms with van der Waals surface area (Å²) in [6, 6.07) is 3.43. The molecule has 6 heteroatoms. The molecule has 2 rings (SSSR count). The summed E-state index contributed by atoms with van der Waals surface area (Å²) in [4.78, 5) is 12.4. The number of benzene rings is 1. The fourth-order valence-corrected chi connectivity index (χ4v) is 2.46. The molecule has 0 spiro atoms. The van der Waals surface area contributed by atoms with Gasteiger partial charge in [0.05, 0.1) is 31.3 Å². The first kappa shape index (κ1) is 13.2. The molecular weight excluding hydrogens is 254 g/mol. The number of fused-ring (bicyclic) bond motifs is 1. The molecule has 1 heterocycles. The quantitative estimate of drug-likeness (QED) is 0.667. The molecule has 0 radical (unpaired) electrons. The van der Waals surface area contributed by atoms with E-state index in [1.54, 1.807) is 13.2 Å². The van der Waals surface area contributed by atoms with Crippen molar-refractivity contribution < 1.29 is 18.5 Å². The van der Waals surface area contributed by atoms with Crippen LogP contribution >= 0.6 is 12.0 Å². The number of ether oxygens (including phenoxy) is 2. The van der Waals surface area contributed by atoms with Gasteiger partial charge in [-0.1, -0.05) is 0 Å². The van der Waals surface area contributed by atoms with Crippen molar-refractivity contribution in [3.8, 4) is 5.75 Å². The highest BCUT2D eigenvalue weighted by Crippen LogP contribution is 2.36. The third-order valence-electron chi connectivity index (χ3n) is 2.78. The second kappa shape index (κ2) is 5.60. The van der Waals surface area contributed by atoms with Crippen LogP contribution in [0, 0.1) is 0 Å². The Bertz CT molecular complexity index is 464.